The maximum Gasteiger partial charge on any atom is 0.255 e. The third kappa shape index (κ3) is 6.73. The lowest BCUT2D eigenvalue weighted by Gasteiger charge is -2.12. The summed E-state index contributed by atoms with van der Waals surface area (Å²) in [6.45, 7) is 6.41. The first-order chi connectivity index (χ1) is 13.2. The zero-order valence-electron chi connectivity index (χ0n) is 16.2. The van der Waals surface area contributed by atoms with E-state index in [0.29, 0.717) is 46.7 Å². The van der Waals surface area contributed by atoms with Crippen molar-refractivity contribution < 1.29 is 17.9 Å². The molecule has 0 saturated heterocycles. The monoisotopic (exact) mass is 424 g/mol. The first kappa shape index (κ1) is 22.0. The van der Waals surface area contributed by atoms with Crippen LogP contribution in [0.4, 0.5) is 11.4 Å². The number of ether oxygens (including phenoxy) is 1. The molecule has 0 spiro atoms. The van der Waals surface area contributed by atoms with E-state index >= 15 is 0 Å². The Balaban J connectivity index is 2.08. The van der Waals surface area contributed by atoms with Crippen molar-refractivity contribution in [2.45, 2.75) is 27.2 Å². The number of rotatable bonds is 9. The number of sulfonamides is 1. The van der Waals surface area contributed by atoms with E-state index in [2.05, 4.69) is 10.0 Å². The molecular formula is C20H25ClN2O4S. The summed E-state index contributed by atoms with van der Waals surface area (Å²) in [6.07, 6.45) is 0.507. The molecule has 2 aromatic carbocycles. The molecule has 2 rings (SSSR count). The molecule has 0 atom stereocenters. The number of anilines is 2. The topological polar surface area (TPSA) is 84.5 Å². The maximum absolute atomic E-state index is 12.5. The van der Waals surface area contributed by atoms with E-state index in [-0.39, 0.29) is 11.7 Å². The van der Waals surface area contributed by atoms with Crippen molar-refractivity contribution >= 4 is 38.9 Å². The molecular weight excluding hydrogens is 400 g/mol. The molecule has 0 unspecified atom stereocenters. The van der Waals surface area contributed by atoms with Gasteiger partial charge in [-0.25, -0.2) is 8.42 Å². The predicted octanol–water partition coefficient (Wildman–Crippen LogP) is 4.78. The van der Waals surface area contributed by atoms with Crippen LogP contribution < -0.4 is 14.8 Å². The molecule has 2 N–H and O–H groups in total. The van der Waals surface area contributed by atoms with Gasteiger partial charge in [-0.05, 0) is 48.7 Å². The van der Waals surface area contributed by atoms with Crippen LogP contribution in [-0.2, 0) is 10.0 Å². The average Bonchev–Trinajstić information content (AvgIpc) is 2.60. The lowest BCUT2D eigenvalue weighted by molar-refractivity contribution is 0.102. The van der Waals surface area contributed by atoms with Gasteiger partial charge in [-0.2, -0.15) is 0 Å². The molecule has 0 aliphatic carbocycles. The maximum atomic E-state index is 12.5. The van der Waals surface area contributed by atoms with Gasteiger partial charge in [0, 0.05) is 16.9 Å². The van der Waals surface area contributed by atoms with E-state index in [4.69, 9.17) is 16.3 Å². The second kappa shape index (κ2) is 9.80. The fourth-order valence-electron chi connectivity index (χ4n) is 2.38. The highest BCUT2D eigenvalue weighted by molar-refractivity contribution is 7.92. The van der Waals surface area contributed by atoms with Gasteiger partial charge < -0.3 is 10.1 Å². The number of amides is 1. The van der Waals surface area contributed by atoms with Crippen molar-refractivity contribution in [1.82, 2.24) is 0 Å². The minimum Gasteiger partial charge on any atom is -0.492 e. The molecule has 0 aliphatic rings. The largest absolute Gasteiger partial charge is 0.492 e. The molecule has 0 fully saturated rings. The second-order valence-corrected chi connectivity index (χ2v) is 9.05. The molecule has 8 heteroatoms. The van der Waals surface area contributed by atoms with Crippen LogP contribution in [0.5, 0.6) is 5.75 Å². The van der Waals surface area contributed by atoms with Crippen molar-refractivity contribution in [3.05, 3.63) is 53.1 Å². The summed E-state index contributed by atoms with van der Waals surface area (Å²) in [5, 5.41) is 3.15. The Bertz CT molecular complexity index is 930. The number of hydrogen-bond acceptors (Lipinski definition) is 4. The van der Waals surface area contributed by atoms with Crippen molar-refractivity contribution in [3.63, 3.8) is 0 Å². The quantitative estimate of drug-likeness (QED) is 0.606. The molecule has 2 aromatic rings. The van der Waals surface area contributed by atoms with Crippen molar-refractivity contribution in [3.8, 4) is 5.75 Å². The predicted molar refractivity (Wildman–Crippen MR) is 114 cm³/mol. The number of nitrogens with one attached hydrogen (secondary N) is 2. The smallest absolute Gasteiger partial charge is 0.255 e. The van der Waals surface area contributed by atoms with E-state index in [1.165, 1.54) is 6.07 Å². The second-order valence-electron chi connectivity index (χ2n) is 6.81. The summed E-state index contributed by atoms with van der Waals surface area (Å²) in [4.78, 5) is 12.5. The third-order valence-corrected chi connectivity index (χ3v) is 5.42. The van der Waals surface area contributed by atoms with Gasteiger partial charge in [0.1, 0.15) is 5.75 Å². The van der Waals surface area contributed by atoms with Crippen LogP contribution >= 0.6 is 11.6 Å². The Labute approximate surface area is 171 Å². The van der Waals surface area contributed by atoms with E-state index in [0.717, 1.165) is 0 Å². The summed E-state index contributed by atoms with van der Waals surface area (Å²) in [5.41, 5.74) is 1.19. The normalized spacial score (nSPS) is 11.3. The van der Waals surface area contributed by atoms with E-state index in [1.807, 2.05) is 13.8 Å². The van der Waals surface area contributed by atoms with Crippen molar-refractivity contribution in [1.29, 1.82) is 0 Å². The highest BCUT2D eigenvalue weighted by atomic mass is 35.5. The molecule has 0 saturated carbocycles. The number of hydrogen-bond donors (Lipinski definition) is 2. The molecule has 0 aromatic heterocycles. The third-order valence-electron chi connectivity index (χ3n) is 3.63. The minimum atomic E-state index is -3.42. The zero-order valence-corrected chi connectivity index (χ0v) is 17.7. The molecule has 0 radical (unpaired) electrons. The van der Waals surface area contributed by atoms with Crippen molar-refractivity contribution in [2.24, 2.45) is 5.92 Å². The molecule has 6 nitrogen and oxygen atoms in total. The van der Waals surface area contributed by atoms with Crippen LogP contribution in [0.25, 0.3) is 0 Å². The fraction of sp³-hybridized carbons (Fsp3) is 0.350. The number of benzene rings is 2. The molecule has 28 heavy (non-hydrogen) atoms. The molecule has 152 valence electrons. The van der Waals surface area contributed by atoms with Crippen LogP contribution in [-0.4, -0.2) is 26.7 Å². The van der Waals surface area contributed by atoms with Crippen molar-refractivity contribution in [2.75, 3.05) is 22.4 Å². The molecule has 1 amide bonds. The molecule has 0 heterocycles. The van der Waals surface area contributed by atoms with Gasteiger partial charge in [-0.3, -0.25) is 9.52 Å². The van der Waals surface area contributed by atoms with Crippen LogP contribution in [0.15, 0.2) is 42.5 Å². The number of halogens is 1. The Kier molecular flexibility index (Phi) is 7.71. The summed E-state index contributed by atoms with van der Waals surface area (Å²) in [7, 11) is -3.42. The van der Waals surface area contributed by atoms with Gasteiger partial charge in [-0.1, -0.05) is 38.4 Å². The van der Waals surface area contributed by atoms with Crippen LogP contribution in [0, 0.1) is 5.92 Å². The van der Waals surface area contributed by atoms with E-state index in [1.54, 1.807) is 43.3 Å². The average molecular weight is 425 g/mol. The SMILES string of the molecule is CCCS(=O)(=O)Nc1cccc(C(=O)Nc2ccc(OCC(C)C)c(Cl)c2)c1. The summed E-state index contributed by atoms with van der Waals surface area (Å²) in [5.74, 6) is 0.578. The van der Waals surface area contributed by atoms with Crippen LogP contribution in [0.1, 0.15) is 37.6 Å². The minimum absolute atomic E-state index is 0.0210. The molecule has 0 aliphatic heterocycles. The van der Waals surface area contributed by atoms with E-state index < -0.39 is 10.0 Å². The van der Waals surface area contributed by atoms with Crippen LogP contribution in [0.3, 0.4) is 0 Å². The van der Waals surface area contributed by atoms with E-state index in [9.17, 15) is 13.2 Å². The zero-order chi connectivity index (χ0) is 20.7. The van der Waals surface area contributed by atoms with Crippen LogP contribution in [0.2, 0.25) is 5.02 Å². The first-order valence-electron chi connectivity index (χ1n) is 9.04. The van der Waals surface area contributed by atoms with Gasteiger partial charge in [0.25, 0.3) is 5.91 Å². The Morgan fingerprint density at radius 2 is 1.89 bits per heavy atom. The highest BCUT2D eigenvalue weighted by Gasteiger charge is 2.12. The first-order valence-corrected chi connectivity index (χ1v) is 11.1. The lowest BCUT2D eigenvalue weighted by atomic mass is 10.2. The highest BCUT2D eigenvalue weighted by Crippen LogP contribution is 2.28. The summed E-state index contributed by atoms with van der Waals surface area (Å²) >= 11 is 6.22. The van der Waals surface area contributed by atoms with Gasteiger partial charge in [0.15, 0.2) is 0 Å². The number of carbonyl (C=O) groups excluding carboxylic acids is 1. The van der Waals surface area contributed by atoms with Gasteiger partial charge in [-0.15, -0.1) is 0 Å². The Hall–Kier alpha value is -2.25. The summed E-state index contributed by atoms with van der Waals surface area (Å²) in [6, 6.07) is 11.3. The van der Waals surface area contributed by atoms with Gasteiger partial charge >= 0.3 is 0 Å². The van der Waals surface area contributed by atoms with Gasteiger partial charge in [0.05, 0.1) is 17.4 Å². The standard InChI is InChI=1S/C20H25ClN2O4S/c1-4-10-28(25,26)23-17-7-5-6-15(11-17)20(24)22-16-8-9-19(18(21)12-16)27-13-14(2)3/h5-9,11-12,14,23H,4,10,13H2,1-3H3,(H,22,24). The molecule has 0 bridgehead atoms. The lowest BCUT2D eigenvalue weighted by Crippen LogP contribution is -2.17. The Morgan fingerprint density at radius 1 is 1.14 bits per heavy atom. The summed E-state index contributed by atoms with van der Waals surface area (Å²) < 4.78 is 31.9. The fourth-order valence-corrected chi connectivity index (χ4v) is 3.74. The Morgan fingerprint density at radius 3 is 2.54 bits per heavy atom. The van der Waals surface area contributed by atoms with Gasteiger partial charge in [0.2, 0.25) is 10.0 Å². The number of carbonyl (C=O) groups is 1.